The van der Waals surface area contributed by atoms with E-state index < -0.39 is 10.0 Å². The van der Waals surface area contributed by atoms with Gasteiger partial charge in [-0.15, -0.1) is 0 Å². The van der Waals surface area contributed by atoms with Gasteiger partial charge in [-0.1, -0.05) is 17.7 Å². The Morgan fingerprint density at radius 2 is 1.76 bits per heavy atom. The van der Waals surface area contributed by atoms with Crippen LogP contribution in [0.2, 0.25) is 0 Å². The smallest absolute Gasteiger partial charge is 0.243 e. The van der Waals surface area contributed by atoms with Gasteiger partial charge in [0.25, 0.3) is 0 Å². The first kappa shape index (κ1) is 23.4. The second-order valence-corrected chi connectivity index (χ2v) is 11.1. The molecule has 0 radical (unpaired) electrons. The molecule has 0 bridgehead atoms. The number of fused-ring (bicyclic) bond motifs is 1. The van der Waals surface area contributed by atoms with E-state index in [-0.39, 0.29) is 22.6 Å². The van der Waals surface area contributed by atoms with Crippen LogP contribution in [0.4, 0.5) is 11.4 Å². The van der Waals surface area contributed by atoms with Gasteiger partial charge in [-0.2, -0.15) is 4.31 Å². The van der Waals surface area contributed by atoms with Crippen LogP contribution in [0, 0.1) is 19.8 Å². The number of carbonyl (C=O) groups excluding carboxylic acids is 2. The molecular weight excluding hydrogens is 438 g/mol. The summed E-state index contributed by atoms with van der Waals surface area (Å²) >= 11 is 0. The summed E-state index contributed by atoms with van der Waals surface area (Å²) in [5, 5.41) is 2.99. The first-order valence-electron chi connectivity index (χ1n) is 11.4. The lowest BCUT2D eigenvalue weighted by Crippen LogP contribution is -2.39. The molecule has 8 heteroatoms. The molecular formula is C25H31N3O4S. The average Bonchev–Trinajstić information content (AvgIpc) is 3.20. The fourth-order valence-electron chi connectivity index (χ4n) is 4.79. The topological polar surface area (TPSA) is 86.8 Å². The molecule has 0 spiro atoms. The van der Waals surface area contributed by atoms with Crippen LogP contribution >= 0.6 is 0 Å². The Hall–Kier alpha value is -2.71. The second-order valence-electron chi connectivity index (χ2n) is 9.13. The van der Waals surface area contributed by atoms with Gasteiger partial charge in [-0.3, -0.25) is 9.59 Å². The number of hydrogen-bond acceptors (Lipinski definition) is 4. The van der Waals surface area contributed by atoms with Crippen molar-refractivity contribution in [3.63, 3.8) is 0 Å². The minimum absolute atomic E-state index is 0.0306. The summed E-state index contributed by atoms with van der Waals surface area (Å²) in [6.07, 6.45) is 2.36. The summed E-state index contributed by atoms with van der Waals surface area (Å²) in [5.74, 6) is 0.0938. The van der Waals surface area contributed by atoms with Gasteiger partial charge >= 0.3 is 0 Å². The maximum absolute atomic E-state index is 13.2. The zero-order valence-corrected chi connectivity index (χ0v) is 20.2. The lowest BCUT2D eigenvalue weighted by Gasteiger charge is -2.31. The van der Waals surface area contributed by atoms with Gasteiger partial charge in [0.05, 0.1) is 4.90 Å². The highest BCUT2D eigenvalue weighted by molar-refractivity contribution is 7.89. The highest BCUT2D eigenvalue weighted by Crippen LogP contribution is 2.32. The van der Waals surface area contributed by atoms with Gasteiger partial charge in [0.15, 0.2) is 0 Å². The maximum atomic E-state index is 13.2. The van der Waals surface area contributed by atoms with Crippen molar-refractivity contribution in [2.24, 2.45) is 5.92 Å². The Morgan fingerprint density at radius 1 is 1.03 bits per heavy atom. The number of benzene rings is 2. The van der Waals surface area contributed by atoms with E-state index in [9.17, 15) is 18.0 Å². The number of amides is 2. The molecule has 1 fully saturated rings. The molecule has 33 heavy (non-hydrogen) atoms. The Morgan fingerprint density at radius 3 is 2.42 bits per heavy atom. The Kier molecular flexibility index (Phi) is 6.59. The van der Waals surface area contributed by atoms with Gasteiger partial charge in [-0.25, -0.2) is 8.42 Å². The molecule has 0 unspecified atom stereocenters. The summed E-state index contributed by atoms with van der Waals surface area (Å²) < 4.78 is 27.9. The summed E-state index contributed by atoms with van der Waals surface area (Å²) in [6, 6.07) is 11.0. The number of rotatable bonds is 5. The van der Waals surface area contributed by atoms with Gasteiger partial charge in [-0.05, 0) is 74.4 Å². The van der Waals surface area contributed by atoms with Crippen molar-refractivity contribution < 1.29 is 18.0 Å². The molecule has 2 aliphatic rings. The fourth-order valence-corrected chi connectivity index (χ4v) is 6.31. The van der Waals surface area contributed by atoms with E-state index in [1.807, 2.05) is 32.0 Å². The van der Waals surface area contributed by atoms with Gasteiger partial charge < -0.3 is 10.2 Å². The normalized spacial score (nSPS) is 17.1. The van der Waals surface area contributed by atoms with E-state index >= 15 is 0 Å². The molecule has 7 nitrogen and oxygen atoms in total. The molecule has 1 N–H and O–H groups in total. The Labute approximate surface area is 195 Å². The SMILES string of the molecule is CC(=O)N1CCc2cc(S(=O)(=O)N3CCC(CC(=O)Nc4ccc(C)cc4C)CC3)ccc21. The molecule has 0 aliphatic carbocycles. The molecule has 1 saturated heterocycles. The Balaban J connectivity index is 1.35. The minimum atomic E-state index is -3.60. The van der Waals surface area contributed by atoms with Crippen LogP contribution < -0.4 is 10.2 Å². The molecule has 4 rings (SSSR count). The lowest BCUT2D eigenvalue weighted by atomic mass is 9.94. The molecule has 2 aromatic rings. The number of aryl methyl sites for hydroxylation is 2. The molecule has 2 heterocycles. The van der Waals surface area contributed by atoms with E-state index in [0.717, 1.165) is 28.1 Å². The van der Waals surface area contributed by atoms with Crippen LogP contribution in [0.3, 0.4) is 0 Å². The number of sulfonamides is 1. The van der Waals surface area contributed by atoms with Crippen molar-refractivity contribution in [3.05, 3.63) is 53.1 Å². The molecule has 176 valence electrons. The van der Waals surface area contributed by atoms with Crippen LogP contribution in [0.15, 0.2) is 41.3 Å². The molecule has 2 aromatic carbocycles. The Bertz CT molecular complexity index is 1180. The van der Waals surface area contributed by atoms with Crippen LogP contribution in [0.1, 0.15) is 42.9 Å². The summed E-state index contributed by atoms with van der Waals surface area (Å²) in [5.41, 5.74) is 4.70. The summed E-state index contributed by atoms with van der Waals surface area (Å²) in [4.78, 5) is 26.2. The summed E-state index contributed by atoms with van der Waals surface area (Å²) in [7, 11) is -3.60. The van der Waals surface area contributed by atoms with Crippen LogP contribution in [-0.2, 0) is 26.0 Å². The van der Waals surface area contributed by atoms with Crippen molar-refractivity contribution in [1.29, 1.82) is 0 Å². The van der Waals surface area contributed by atoms with Crippen molar-refractivity contribution in [2.75, 3.05) is 29.9 Å². The third-order valence-electron chi connectivity index (χ3n) is 6.67. The van der Waals surface area contributed by atoms with Gasteiger partial charge in [0.1, 0.15) is 0 Å². The molecule has 2 aliphatic heterocycles. The highest BCUT2D eigenvalue weighted by atomic mass is 32.2. The molecule has 0 saturated carbocycles. The number of piperidine rings is 1. The zero-order chi connectivity index (χ0) is 23.8. The number of nitrogens with one attached hydrogen (secondary N) is 1. The van der Waals surface area contributed by atoms with E-state index in [2.05, 4.69) is 5.32 Å². The average molecular weight is 470 g/mol. The second kappa shape index (κ2) is 9.27. The quantitative estimate of drug-likeness (QED) is 0.724. The predicted octanol–water partition coefficient (Wildman–Crippen LogP) is 3.64. The largest absolute Gasteiger partial charge is 0.326 e. The third-order valence-corrected chi connectivity index (χ3v) is 8.56. The van der Waals surface area contributed by atoms with Gasteiger partial charge in [0, 0.05) is 44.4 Å². The van der Waals surface area contributed by atoms with Crippen LogP contribution in [0.25, 0.3) is 0 Å². The first-order valence-corrected chi connectivity index (χ1v) is 12.9. The zero-order valence-electron chi connectivity index (χ0n) is 19.4. The standard InChI is InChI=1S/C25H31N3O4S/c1-17-4-6-23(18(2)14-17)26-25(30)15-20-8-11-27(12-9-20)33(31,32)22-5-7-24-21(16-22)10-13-28(24)19(3)29/h4-7,14,16,20H,8-13,15H2,1-3H3,(H,26,30). The number of carbonyl (C=O) groups is 2. The van der Waals surface area contributed by atoms with Crippen molar-refractivity contribution in [2.45, 2.75) is 51.3 Å². The lowest BCUT2D eigenvalue weighted by molar-refractivity contribution is -0.117. The monoisotopic (exact) mass is 469 g/mol. The molecule has 2 amide bonds. The highest BCUT2D eigenvalue weighted by Gasteiger charge is 2.32. The minimum Gasteiger partial charge on any atom is -0.326 e. The van der Waals surface area contributed by atoms with E-state index in [1.165, 1.54) is 11.2 Å². The van der Waals surface area contributed by atoms with Crippen LogP contribution in [0.5, 0.6) is 0 Å². The van der Waals surface area contributed by atoms with E-state index in [4.69, 9.17) is 0 Å². The van der Waals surface area contributed by atoms with Crippen molar-refractivity contribution in [3.8, 4) is 0 Å². The number of nitrogens with zero attached hydrogens (tertiary/aromatic N) is 2. The van der Waals surface area contributed by atoms with Crippen molar-refractivity contribution >= 4 is 33.2 Å². The molecule has 0 aromatic heterocycles. The number of hydrogen-bond donors (Lipinski definition) is 1. The number of anilines is 2. The van der Waals surface area contributed by atoms with E-state index in [1.54, 1.807) is 23.1 Å². The maximum Gasteiger partial charge on any atom is 0.243 e. The molecule has 0 atom stereocenters. The van der Waals surface area contributed by atoms with Crippen molar-refractivity contribution in [1.82, 2.24) is 4.31 Å². The van der Waals surface area contributed by atoms with Gasteiger partial charge in [0.2, 0.25) is 21.8 Å². The van der Waals surface area contributed by atoms with Crippen LogP contribution in [-0.4, -0.2) is 44.2 Å². The van der Waals surface area contributed by atoms with E-state index in [0.29, 0.717) is 45.3 Å². The fraction of sp³-hybridized carbons (Fsp3) is 0.440. The summed E-state index contributed by atoms with van der Waals surface area (Å²) in [6.45, 7) is 6.91. The third kappa shape index (κ3) is 4.96. The predicted molar refractivity (Wildman–Crippen MR) is 129 cm³/mol. The first-order chi connectivity index (χ1) is 15.6.